The smallest absolute Gasteiger partial charge is 0.260 e. The monoisotopic (exact) mass is 468 g/mol. The Morgan fingerprint density at radius 2 is 2.12 bits per heavy atom. The van der Waals surface area contributed by atoms with E-state index in [4.69, 9.17) is 10.2 Å². The predicted octanol–water partition coefficient (Wildman–Crippen LogP) is 2.57. The molecule has 1 aliphatic heterocycles. The molecule has 1 unspecified atom stereocenters. The van der Waals surface area contributed by atoms with Gasteiger partial charge in [0.15, 0.2) is 5.13 Å². The number of rotatable bonds is 7. The zero-order chi connectivity index (χ0) is 23.4. The van der Waals surface area contributed by atoms with Gasteiger partial charge in [-0.25, -0.2) is 9.97 Å². The average Bonchev–Trinajstić information content (AvgIpc) is 3.42. The predicted molar refractivity (Wildman–Crippen MR) is 124 cm³/mol. The maximum Gasteiger partial charge on any atom is 0.260 e. The summed E-state index contributed by atoms with van der Waals surface area (Å²) in [6.45, 7) is 3.07. The minimum Gasteiger partial charge on any atom is -0.469 e. The second-order valence-electron chi connectivity index (χ2n) is 7.81. The van der Waals surface area contributed by atoms with Crippen molar-refractivity contribution in [2.24, 2.45) is 11.7 Å². The van der Waals surface area contributed by atoms with Gasteiger partial charge in [-0.15, -0.1) is 11.3 Å². The molecule has 1 saturated heterocycles. The number of nitrogens with zero attached hydrogens (tertiary/aromatic N) is 3. The molecule has 11 heteroatoms. The Morgan fingerprint density at radius 3 is 2.82 bits per heavy atom. The quantitative estimate of drug-likeness (QED) is 0.483. The molecule has 4 N–H and O–H groups in total. The summed E-state index contributed by atoms with van der Waals surface area (Å²) >= 11 is 1.24. The van der Waals surface area contributed by atoms with E-state index in [1.165, 1.54) is 17.6 Å². The third-order valence-electron chi connectivity index (χ3n) is 5.40. The zero-order valence-electron chi connectivity index (χ0n) is 18.0. The van der Waals surface area contributed by atoms with Crippen LogP contribution in [0.3, 0.4) is 0 Å². The van der Waals surface area contributed by atoms with Crippen molar-refractivity contribution < 1.29 is 18.8 Å². The van der Waals surface area contributed by atoms with Crippen LogP contribution in [0.15, 0.2) is 40.5 Å². The second-order valence-corrected chi connectivity index (χ2v) is 8.66. The van der Waals surface area contributed by atoms with E-state index in [2.05, 4.69) is 20.6 Å². The van der Waals surface area contributed by atoms with Gasteiger partial charge < -0.3 is 20.4 Å². The molecule has 1 aliphatic rings. The Balaban J connectivity index is 1.30. The molecule has 3 aromatic heterocycles. The van der Waals surface area contributed by atoms with Gasteiger partial charge in [0.1, 0.15) is 11.6 Å². The normalized spacial score (nSPS) is 15.8. The summed E-state index contributed by atoms with van der Waals surface area (Å²) in [5.74, 6) is 0.253. The third-order valence-corrected chi connectivity index (χ3v) is 6.20. The minimum atomic E-state index is -0.311. The summed E-state index contributed by atoms with van der Waals surface area (Å²) in [6.07, 6.45) is 4.77. The van der Waals surface area contributed by atoms with Gasteiger partial charge in [-0.2, -0.15) is 0 Å². The summed E-state index contributed by atoms with van der Waals surface area (Å²) in [6, 6.07) is 5.18. The molecule has 0 bridgehead atoms. The maximum absolute atomic E-state index is 12.4. The molecular formula is C22H24N6O4S. The van der Waals surface area contributed by atoms with Crippen LogP contribution in [-0.2, 0) is 16.0 Å². The molecule has 4 rings (SSSR count). The van der Waals surface area contributed by atoms with Gasteiger partial charge >= 0.3 is 0 Å². The lowest BCUT2D eigenvalue weighted by molar-refractivity contribution is -0.122. The highest BCUT2D eigenvalue weighted by atomic mass is 32.1. The van der Waals surface area contributed by atoms with Crippen LogP contribution in [-0.4, -0.2) is 40.8 Å². The van der Waals surface area contributed by atoms with Crippen molar-refractivity contribution in [3.05, 3.63) is 53.1 Å². The molecule has 4 heterocycles. The number of primary amides is 1. The molecule has 172 valence electrons. The topological polar surface area (TPSA) is 143 Å². The van der Waals surface area contributed by atoms with Crippen molar-refractivity contribution in [3.63, 3.8) is 0 Å². The number of amides is 3. The van der Waals surface area contributed by atoms with Crippen molar-refractivity contribution in [2.75, 3.05) is 28.6 Å². The van der Waals surface area contributed by atoms with Crippen LogP contribution in [0.2, 0.25) is 0 Å². The number of furan rings is 1. The number of piperidine rings is 1. The van der Waals surface area contributed by atoms with Crippen molar-refractivity contribution in [1.82, 2.24) is 9.97 Å². The van der Waals surface area contributed by atoms with Crippen LogP contribution in [0, 0.1) is 12.8 Å². The van der Waals surface area contributed by atoms with E-state index in [0.717, 1.165) is 25.2 Å². The molecule has 0 saturated carbocycles. The van der Waals surface area contributed by atoms with E-state index in [-0.39, 0.29) is 30.1 Å². The molecular weight excluding hydrogens is 444 g/mol. The Morgan fingerprint density at radius 1 is 1.27 bits per heavy atom. The summed E-state index contributed by atoms with van der Waals surface area (Å²) in [5.41, 5.74) is 6.99. The molecule has 0 aliphatic carbocycles. The SMILES string of the molecule is Cc1occc1C(=O)Nc1nc(CC(=O)Nc2ccc(N3CCCC(C(N)=O)C3)nc2)cs1. The van der Waals surface area contributed by atoms with Crippen molar-refractivity contribution in [2.45, 2.75) is 26.2 Å². The second kappa shape index (κ2) is 9.82. The highest BCUT2D eigenvalue weighted by Gasteiger charge is 2.24. The zero-order valence-corrected chi connectivity index (χ0v) is 18.9. The van der Waals surface area contributed by atoms with E-state index in [0.29, 0.717) is 34.4 Å². The first-order valence-electron chi connectivity index (χ1n) is 10.5. The summed E-state index contributed by atoms with van der Waals surface area (Å²) in [7, 11) is 0. The highest BCUT2D eigenvalue weighted by Crippen LogP contribution is 2.23. The Bertz CT molecular complexity index is 1160. The summed E-state index contributed by atoms with van der Waals surface area (Å²) < 4.78 is 5.14. The van der Waals surface area contributed by atoms with E-state index in [1.807, 2.05) is 11.0 Å². The van der Waals surface area contributed by atoms with E-state index in [9.17, 15) is 14.4 Å². The van der Waals surface area contributed by atoms with Crippen LogP contribution in [0.1, 0.15) is 34.7 Å². The highest BCUT2D eigenvalue weighted by molar-refractivity contribution is 7.14. The number of carbonyl (C=O) groups excluding carboxylic acids is 3. The lowest BCUT2D eigenvalue weighted by atomic mass is 9.97. The molecule has 33 heavy (non-hydrogen) atoms. The van der Waals surface area contributed by atoms with Crippen LogP contribution < -0.4 is 21.3 Å². The average molecular weight is 469 g/mol. The number of aryl methyl sites for hydroxylation is 1. The minimum absolute atomic E-state index is 0.0608. The number of nitrogens with two attached hydrogens (primary N) is 1. The van der Waals surface area contributed by atoms with Crippen molar-refractivity contribution >= 4 is 45.7 Å². The van der Waals surface area contributed by atoms with Gasteiger partial charge in [-0.3, -0.25) is 19.7 Å². The Labute approximate surface area is 194 Å². The first kappa shape index (κ1) is 22.5. The lowest BCUT2D eigenvalue weighted by Crippen LogP contribution is -2.41. The standard InChI is InChI=1S/C22H24N6O4S/c1-13-17(6-8-32-13)21(31)27-22-26-16(12-33-22)9-19(29)25-15-4-5-18(24-10-15)28-7-2-3-14(11-28)20(23)30/h4-6,8,10,12,14H,2-3,7,9,11H2,1H3,(H2,23,30)(H,25,29)(H,26,27,31). The fourth-order valence-electron chi connectivity index (χ4n) is 3.66. The number of carbonyl (C=O) groups is 3. The van der Waals surface area contributed by atoms with Gasteiger partial charge in [-0.05, 0) is 38.0 Å². The Hall–Kier alpha value is -3.73. The number of aromatic nitrogens is 2. The van der Waals surface area contributed by atoms with Crippen molar-refractivity contribution in [1.29, 1.82) is 0 Å². The Kier molecular flexibility index (Phi) is 6.68. The lowest BCUT2D eigenvalue weighted by Gasteiger charge is -2.32. The van der Waals surface area contributed by atoms with E-state index < -0.39 is 0 Å². The number of nitrogens with one attached hydrogen (secondary N) is 2. The van der Waals surface area contributed by atoms with Crippen molar-refractivity contribution in [3.8, 4) is 0 Å². The molecule has 3 aromatic rings. The number of hydrogen-bond acceptors (Lipinski definition) is 8. The molecule has 0 radical (unpaired) electrons. The summed E-state index contributed by atoms with van der Waals surface area (Å²) in [4.78, 5) is 46.9. The van der Waals surface area contributed by atoms with Gasteiger partial charge in [0.05, 0.1) is 41.7 Å². The first-order chi connectivity index (χ1) is 15.9. The molecule has 1 atom stereocenters. The summed E-state index contributed by atoms with van der Waals surface area (Å²) in [5, 5.41) is 7.64. The van der Waals surface area contributed by atoms with Crippen LogP contribution >= 0.6 is 11.3 Å². The van der Waals surface area contributed by atoms with E-state index in [1.54, 1.807) is 30.6 Å². The molecule has 1 fully saturated rings. The largest absolute Gasteiger partial charge is 0.469 e. The van der Waals surface area contributed by atoms with Gasteiger partial charge in [-0.1, -0.05) is 0 Å². The van der Waals surface area contributed by atoms with Gasteiger partial charge in [0.2, 0.25) is 11.8 Å². The molecule has 3 amide bonds. The maximum atomic E-state index is 12.4. The number of anilines is 3. The number of hydrogen-bond donors (Lipinski definition) is 3. The van der Waals surface area contributed by atoms with Gasteiger partial charge in [0.25, 0.3) is 5.91 Å². The molecule has 10 nitrogen and oxygen atoms in total. The van der Waals surface area contributed by atoms with Crippen LogP contribution in [0.5, 0.6) is 0 Å². The van der Waals surface area contributed by atoms with Crippen LogP contribution in [0.25, 0.3) is 0 Å². The van der Waals surface area contributed by atoms with Gasteiger partial charge in [0, 0.05) is 18.5 Å². The molecule has 0 aromatic carbocycles. The third kappa shape index (κ3) is 5.55. The fourth-order valence-corrected chi connectivity index (χ4v) is 4.37. The van der Waals surface area contributed by atoms with E-state index >= 15 is 0 Å². The first-order valence-corrected chi connectivity index (χ1v) is 11.4. The van der Waals surface area contributed by atoms with Crippen LogP contribution in [0.4, 0.5) is 16.6 Å². The number of thiazole rings is 1. The fraction of sp³-hybridized carbons (Fsp3) is 0.318. The molecule has 0 spiro atoms. The number of pyridine rings is 1.